The lowest BCUT2D eigenvalue weighted by Crippen LogP contribution is -2.38. The zero-order valence-electron chi connectivity index (χ0n) is 21.0. The molecular formula is C28H26F3N5O3. The number of fused-ring (bicyclic) bond motifs is 1. The predicted molar refractivity (Wildman–Crippen MR) is 142 cm³/mol. The molecule has 4 N–H and O–H groups in total. The molecule has 3 aromatic rings. The summed E-state index contributed by atoms with van der Waals surface area (Å²) < 4.78 is 40.9. The number of nitrogens with two attached hydrogens (primary N) is 1. The summed E-state index contributed by atoms with van der Waals surface area (Å²) in [5.74, 6) is -1.05. The van der Waals surface area contributed by atoms with Gasteiger partial charge in [-0.05, 0) is 41.8 Å². The maximum atomic E-state index is 13.6. The van der Waals surface area contributed by atoms with Crippen LogP contribution in [0.15, 0.2) is 65.8 Å². The van der Waals surface area contributed by atoms with Gasteiger partial charge >= 0.3 is 6.18 Å². The monoisotopic (exact) mass is 537 g/mol. The van der Waals surface area contributed by atoms with Crippen molar-refractivity contribution in [3.05, 3.63) is 88.8 Å². The predicted octanol–water partition coefficient (Wildman–Crippen LogP) is 3.90. The first-order valence-electron chi connectivity index (χ1n) is 12.0. The Morgan fingerprint density at radius 3 is 2.62 bits per heavy atom. The van der Waals surface area contributed by atoms with Gasteiger partial charge in [0.05, 0.1) is 29.7 Å². The lowest BCUT2D eigenvalue weighted by atomic mass is 9.92. The number of benzene rings is 2. The molecule has 1 aliphatic heterocycles. The largest absolute Gasteiger partial charge is 0.417 e. The van der Waals surface area contributed by atoms with Crippen molar-refractivity contribution in [2.75, 3.05) is 25.5 Å². The second-order valence-electron chi connectivity index (χ2n) is 8.80. The van der Waals surface area contributed by atoms with E-state index in [1.165, 1.54) is 30.4 Å². The average molecular weight is 538 g/mol. The third kappa shape index (κ3) is 5.99. The van der Waals surface area contributed by atoms with E-state index >= 15 is 0 Å². The number of hydrogen-bond donors (Lipinski definition) is 3. The summed E-state index contributed by atoms with van der Waals surface area (Å²) in [5, 5.41) is 12.0. The average Bonchev–Trinajstić information content (AvgIpc) is 2.94. The second kappa shape index (κ2) is 11.5. The molecule has 0 unspecified atom stereocenters. The number of carbonyl (C=O) groups excluding carboxylic acids is 2. The van der Waals surface area contributed by atoms with Crippen LogP contribution in [0.4, 0.5) is 18.9 Å². The van der Waals surface area contributed by atoms with Crippen molar-refractivity contribution < 1.29 is 27.9 Å². The van der Waals surface area contributed by atoms with Crippen LogP contribution >= 0.6 is 0 Å². The number of nitrogens with zero attached hydrogens (tertiary/aromatic N) is 3. The number of pyridine rings is 1. The summed E-state index contributed by atoms with van der Waals surface area (Å²) in [5.41, 5.74) is 7.71. The zero-order chi connectivity index (χ0) is 28.2. The van der Waals surface area contributed by atoms with E-state index in [1.807, 2.05) is 30.3 Å². The van der Waals surface area contributed by atoms with E-state index in [1.54, 1.807) is 0 Å². The summed E-state index contributed by atoms with van der Waals surface area (Å²) in [6.45, 7) is -0.0347. The minimum absolute atomic E-state index is 0.0285. The molecule has 8 nitrogen and oxygen atoms in total. The topological polar surface area (TPSA) is 121 Å². The number of amides is 2. The van der Waals surface area contributed by atoms with Gasteiger partial charge in [-0.2, -0.15) is 13.2 Å². The molecule has 2 aromatic carbocycles. The summed E-state index contributed by atoms with van der Waals surface area (Å²) in [4.78, 5) is 35.0. The molecule has 0 bridgehead atoms. The molecule has 1 aromatic heterocycles. The van der Waals surface area contributed by atoms with Crippen LogP contribution in [-0.4, -0.2) is 53.2 Å². The molecule has 0 saturated heterocycles. The first-order valence-corrected chi connectivity index (χ1v) is 12.0. The van der Waals surface area contributed by atoms with Crippen LogP contribution in [0.3, 0.4) is 0 Å². The fourth-order valence-corrected chi connectivity index (χ4v) is 4.46. The van der Waals surface area contributed by atoms with Gasteiger partial charge in [0.1, 0.15) is 6.61 Å². The molecule has 2 amide bonds. The van der Waals surface area contributed by atoms with Crippen molar-refractivity contribution in [2.24, 2.45) is 10.7 Å². The Balaban J connectivity index is 1.75. The van der Waals surface area contributed by atoms with E-state index in [4.69, 9.17) is 5.73 Å². The zero-order valence-corrected chi connectivity index (χ0v) is 21.0. The number of aromatic nitrogens is 1. The Morgan fingerprint density at radius 2 is 1.95 bits per heavy atom. The highest BCUT2D eigenvalue weighted by atomic mass is 19.4. The molecule has 1 aliphatic rings. The highest BCUT2D eigenvalue weighted by Gasteiger charge is 2.34. The van der Waals surface area contributed by atoms with Gasteiger partial charge in [0.15, 0.2) is 0 Å². The maximum absolute atomic E-state index is 13.6. The van der Waals surface area contributed by atoms with Crippen LogP contribution in [0.2, 0.25) is 0 Å². The van der Waals surface area contributed by atoms with Crippen LogP contribution in [-0.2, 0) is 23.9 Å². The number of alkyl halides is 3. The van der Waals surface area contributed by atoms with Crippen LogP contribution < -0.4 is 11.1 Å². The van der Waals surface area contributed by atoms with Crippen molar-refractivity contribution in [1.29, 1.82) is 0 Å². The van der Waals surface area contributed by atoms with E-state index in [0.29, 0.717) is 29.9 Å². The van der Waals surface area contributed by atoms with Gasteiger partial charge in [0.2, 0.25) is 5.91 Å². The molecule has 0 saturated carbocycles. The first-order chi connectivity index (χ1) is 18.6. The Kier molecular flexibility index (Phi) is 8.10. The van der Waals surface area contributed by atoms with Crippen LogP contribution in [0.1, 0.15) is 32.7 Å². The molecule has 0 atom stereocenters. The number of aliphatic hydroxyl groups excluding tert-OH is 1. The Hall–Kier alpha value is -4.51. The number of rotatable bonds is 6. The highest BCUT2D eigenvalue weighted by Crippen LogP contribution is 2.37. The van der Waals surface area contributed by atoms with E-state index < -0.39 is 30.2 Å². The number of aliphatic hydroxyl groups is 1. The molecule has 2 heterocycles. The molecular weight excluding hydrogens is 511 g/mol. The summed E-state index contributed by atoms with van der Waals surface area (Å²) in [7, 11) is 1.46. The normalized spacial score (nSPS) is 13.9. The second-order valence-corrected chi connectivity index (χ2v) is 8.80. The minimum Gasteiger partial charge on any atom is -0.398 e. The number of aliphatic imine (C=N–C) groups is 1. The quantitative estimate of drug-likeness (QED) is 0.412. The minimum atomic E-state index is -4.68. The van der Waals surface area contributed by atoms with Crippen LogP contribution in [0, 0.1) is 0 Å². The fraction of sp³-hybridized carbons (Fsp3) is 0.214. The van der Waals surface area contributed by atoms with E-state index in [2.05, 4.69) is 15.3 Å². The molecule has 202 valence electrons. The molecule has 39 heavy (non-hydrogen) atoms. The maximum Gasteiger partial charge on any atom is 0.417 e. The van der Waals surface area contributed by atoms with E-state index in [9.17, 15) is 27.9 Å². The fourth-order valence-electron chi connectivity index (χ4n) is 4.46. The molecule has 4 rings (SSSR count). The lowest BCUT2D eigenvalue weighted by Gasteiger charge is -2.30. The molecule has 0 fully saturated rings. The number of hydrogen-bond acceptors (Lipinski definition) is 6. The van der Waals surface area contributed by atoms with Crippen molar-refractivity contribution >= 4 is 29.4 Å². The highest BCUT2D eigenvalue weighted by molar-refractivity contribution is 6.07. The van der Waals surface area contributed by atoms with Gasteiger partial charge in [0, 0.05) is 42.2 Å². The standard InChI is InChI=1S/C28H26F3N5O3/c1-33-11-9-22(32)20-13-18(7-8-21(20)28(29,30)31)27(39)35-23-14-34-24-15-36(25(38)16-37)12-10-19(24)26(23)17-5-3-2-4-6-17/h2-9,11,13-14,37H,10,12,15-16,32H2,1H3,(H,35,39). The van der Waals surface area contributed by atoms with Crippen molar-refractivity contribution in [1.82, 2.24) is 9.88 Å². The lowest BCUT2D eigenvalue weighted by molar-refractivity contribution is -0.138. The first kappa shape index (κ1) is 27.5. The van der Waals surface area contributed by atoms with Gasteiger partial charge in [0.25, 0.3) is 5.91 Å². The van der Waals surface area contributed by atoms with E-state index in [0.717, 1.165) is 29.3 Å². The smallest absolute Gasteiger partial charge is 0.398 e. The Bertz CT molecular complexity index is 1450. The van der Waals surface area contributed by atoms with Gasteiger partial charge in [-0.3, -0.25) is 19.6 Å². The number of carbonyl (C=O) groups is 2. The number of anilines is 1. The number of halogens is 3. The van der Waals surface area contributed by atoms with Crippen molar-refractivity contribution in [3.8, 4) is 11.1 Å². The third-order valence-electron chi connectivity index (χ3n) is 6.34. The van der Waals surface area contributed by atoms with Crippen LogP contribution in [0.5, 0.6) is 0 Å². The Labute approximate surface area is 222 Å². The SMILES string of the molecule is CN=CC=C(N)c1cc(C(=O)Nc2cnc3c(c2-c2ccccc2)CCN(C(=O)CO)C3)ccc1C(F)(F)F. The summed E-state index contributed by atoms with van der Waals surface area (Å²) >= 11 is 0. The Morgan fingerprint density at radius 1 is 1.21 bits per heavy atom. The van der Waals surface area contributed by atoms with Gasteiger partial charge in [-0.15, -0.1) is 0 Å². The van der Waals surface area contributed by atoms with Gasteiger partial charge in [-0.1, -0.05) is 30.3 Å². The summed E-state index contributed by atoms with van der Waals surface area (Å²) in [6.07, 6.45) is -0.281. The van der Waals surface area contributed by atoms with Gasteiger partial charge < -0.3 is 21.1 Å². The van der Waals surface area contributed by atoms with Crippen LogP contribution in [0.25, 0.3) is 16.8 Å². The molecule has 11 heteroatoms. The van der Waals surface area contributed by atoms with Gasteiger partial charge in [-0.25, -0.2) is 0 Å². The molecule has 0 spiro atoms. The molecule has 0 radical (unpaired) electrons. The van der Waals surface area contributed by atoms with Crippen molar-refractivity contribution in [2.45, 2.75) is 19.1 Å². The van der Waals surface area contributed by atoms with Crippen molar-refractivity contribution in [3.63, 3.8) is 0 Å². The summed E-state index contributed by atoms with van der Waals surface area (Å²) in [6, 6.07) is 12.3. The van der Waals surface area contributed by atoms with E-state index in [-0.39, 0.29) is 23.4 Å². The number of allylic oxidation sites excluding steroid dienone is 1. The third-order valence-corrected chi connectivity index (χ3v) is 6.34. The number of nitrogens with one attached hydrogen (secondary N) is 1. The molecule has 0 aliphatic carbocycles.